The minimum absolute atomic E-state index is 0.0141. The number of carbonyl (C=O) groups excluding carboxylic acids is 2. The number of ether oxygens (including phenoxy) is 2. The molecule has 8 heteroatoms. The third-order valence-corrected chi connectivity index (χ3v) is 3.61. The average Bonchev–Trinajstić information content (AvgIpc) is 2.63. The van der Waals surface area contributed by atoms with E-state index in [1.165, 1.54) is 0 Å². The molecule has 0 saturated heterocycles. The van der Waals surface area contributed by atoms with Crippen LogP contribution in [0.25, 0.3) is 0 Å². The van der Waals surface area contributed by atoms with Gasteiger partial charge in [-0.3, -0.25) is 4.79 Å². The third kappa shape index (κ3) is 8.48. The number of esters is 1. The molecule has 2 atom stereocenters. The summed E-state index contributed by atoms with van der Waals surface area (Å²) < 4.78 is 9.97. The number of carboxylic acids is 1. The van der Waals surface area contributed by atoms with Crippen molar-refractivity contribution >= 4 is 18.0 Å². The second-order valence-corrected chi connectivity index (χ2v) is 5.80. The highest BCUT2D eigenvalue weighted by atomic mass is 16.5. The van der Waals surface area contributed by atoms with E-state index >= 15 is 0 Å². The summed E-state index contributed by atoms with van der Waals surface area (Å²) in [6, 6.07) is 6.97. The predicted molar refractivity (Wildman–Crippen MR) is 94.3 cm³/mol. The minimum atomic E-state index is -1.22. The number of aliphatic carboxylic acids is 1. The van der Waals surface area contributed by atoms with Crippen molar-refractivity contribution in [1.29, 1.82) is 0 Å². The highest BCUT2D eigenvalue weighted by Crippen LogP contribution is 2.06. The molecular formula is C18H26N2O6. The molecule has 0 aliphatic rings. The van der Waals surface area contributed by atoms with Crippen molar-refractivity contribution in [3.63, 3.8) is 0 Å². The molecule has 8 nitrogen and oxygen atoms in total. The Morgan fingerprint density at radius 2 is 1.85 bits per heavy atom. The van der Waals surface area contributed by atoms with Gasteiger partial charge in [0.15, 0.2) is 0 Å². The molecule has 0 aromatic heterocycles. The first-order valence-corrected chi connectivity index (χ1v) is 8.56. The monoisotopic (exact) mass is 366 g/mol. The number of rotatable bonds is 11. The molecule has 1 rings (SSSR count). The smallest absolute Gasteiger partial charge is 0.407 e. The molecule has 0 radical (unpaired) electrons. The summed E-state index contributed by atoms with van der Waals surface area (Å²) in [6.45, 7) is 2.26. The summed E-state index contributed by atoms with van der Waals surface area (Å²) in [6.07, 6.45) is 0.796. The van der Waals surface area contributed by atoms with Crippen LogP contribution < -0.4 is 11.1 Å². The van der Waals surface area contributed by atoms with Crippen LogP contribution in [0.1, 0.15) is 38.2 Å². The van der Waals surface area contributed by atoms with Gasteiger partial charge < -0.3 is 25.6 Å². The number of amides is 1. The van der Waals surface area contributed by atoms with E-state index < -0.39 is 30.1 Å². The van der Waals surface area contributed by atoms with Crippen molar-refractivity contribution in [2.45, 2.75) is 51.3 Å². The number of benzene rings is 1. The summed E-state index contributed by atoms with van der Waals surface area (Å²) >= 11 is 0. The van der Waals surface area contributed by atoms with Gasteiger partial charge >= 0.3 is 18.0 Å². The number of nitrogens with two attached hydrogens (primary N) is 1. The normalized spacial score (nSPS) is 12.7. The molecular weight excluding hydrogens is 340 g/mol. The van der Waals surface area contributed by atoms with E-state index in [0.717, 1.165) is 12.0 Å². The summed E-state index contributed by atoms with van der Waals surface area (Å²) in [7, 11) is 0. The fraction of sp³-hybridized carbons (Fsp3) is 0.500. The Morgan fingerprint density at radius 1 is 1.15 bits per heavy atom. The number of carbonyl (C=O) groups is 3. The van der Waals surface area contributed by atoms with Crippen LogP contribution in [0.3, 0.4) is 0 Å². The van der Waals surface area contributed by atoms with Gasteiger partial charge in [0, 0.05) is 0 Å². The lowest BCUT2D eigenvalue weighted by molar-refractivity contribution is -0.147. The van der Waals surface area contributed by atoms with Gasteiger partial charge in [0.2, 0.25) is 0 Å². The SMILES string of the molecule is CCCCOC(=O)N[C@@H](CCC(N)C(=O)OCc1ccccc1)C(=O)O. The summed E-state index contributed by atoms with van der Waals surface area (Å²) in [5.74, 6) is -1.84. The van der Waals surface area contributed by atoms with Crippen LogP contribution in [-0.2, 0) is 25.7 Å². The Labute approximate surface area is 152 Å². The van der Waals surface area contributed by atoms with E-state index in [1.807, 2.05) is 37.3 Å². The van der Waals surface area contributed by atoms with Gasteiger partial charge in [0.05, 0.1) is 6.61 Å². The summed E-state index contributed by atoms with van der Waals surface area (Å²) in [4.78, 5) is 34.7. The van der Waals surface area contributed by atoms with Crippen LogP contribution in [0.5, 0.6) is 0 Å². The Morgan fingerprint density at radius 3 is 2.46 bits per heavy atom. The quantitative estimate of drug-likeness (QED) is 0.402. The molecule has 0 heterocycles. The molecule has 0 saturated carbocycles. The molecule has 1 amide bonds. The van der Waals surface area contributed by atoms with E-state index in [2.05, 4.69) is 5.32 Å². The zero-order valence-electron chi connectivity index (χ0n) is 14.8. The zero-order chi connectivity index (χ0) is 19.4. The van der Waals surface area contributed by atoms with Crippen molar-refractivity contribution in [3.8, 4) is 0 Å². The van der Waals surface area contributed by atoms with Crippen molar-refractivity contribution in [3.05, 3.63) is 35.9 Å². The molecule has 0 aliphatic heterocycles. The van der Waals surface area contributed by atoms with E-state index in [0.29, 0.717) is 6.42 Å². The average molecular weight is 366 g/mol. The second-order valence-electron chi connectivity index (χ2n) is 5.80. The molecule has 1 aromatic rings. The van der Waals surface area contributed by atoms with Crippen molar-refractivity contribution in [2.24, 2.45) is 5.73 Å². The predicted octanol–water partition coefficient (Wildman–Crippen LogP) is 1.82. The number of unbranched alkanes of at least 4 members (excludes halogenated alkanes) is 1. The Kier molecular flexibility index (Phi) is 9.78. The van der Waals surface area contributed by atoms with Crippen LogP contribution in [-0.4, -0.2) is 41.8 Å². The molecule has 0 aliphatic carbocycles. The van der Waals surface area contributed by atoms with Gasteiger partial charge in [-0.15, -0.1) is 0 Å². The maximum atomic E-state index is 11.9. The molecule has 0 fully saturated rings. The first-order chi connectivity index (χ1) is 12.4. The van der Waals surface area contributed by atoms with Gasteiger partial charge in [0.25, 0.3) is 0 Å². The van der Waals surface area contributed by atoms with Gasteiger partial charge in [-0.1, -0.05) is 43.7 Å². The fourth-order valence-corrected chi connectivity index (χ4v) is 2.05. The standard InChI is InChI=1S/C18H26N2O6/c1-2-3-11-25-18(24)20-15(16(21)22)10-9-14(19)17(23)26-12-13-7-5-4-6-8-13/h4-8,14-15H,2-3,9-12,19H2,1H3,(H,20,24)(H,21,22)/t14?,15-/m0/s1. The maximum Gasteiger partial charge on any atom is 0.407 e. The largest absolute Gasteiger partial charge is 0.480 e. The van der Waals surface area contributed by atoms with Crippen LogP contribution in [0.15, 0.2) is 30.3 Å². The van der Waals surface area contributed by atoms with Crippen LogP contribution in [0.2, 0.25) is 0 Å². The Hall–Kier alpha value is -2.61. The number of alkyl carbamates (subject to hydrolysis) is 1. The molecule has 144 valence electrons. The van der Waals surface area contributed by atoms with E-state index in [9.17, 15) is 14.4 Å². The lowest BCUT2D eigenvalue weighted by atomic mass is 10.1. The first kappa shape index (κ1) is 21.4. The Bertz CT molecular complexity index is 578. The summed E-state index contributed by atoms with van der Waals surface area (Å²) in [5.41, 5.74) is 6.57. The fourth-order valence-electron chi connectivity index (χ4n) is 2.05. The lowest BCUT2D eigenvalue weighted by Gasteiger charge is -2.17. The highest BCUT2D eigenvalue weighted by Gasteiger charge is 2.24. The van der Waals surface area contributed by atoms with Crippen molar-refractivity contribution in [1.82, 2.24) is 5.32 Å². The summed E-state index contributed by atoms with van der Waals surface area (Å²) in [5, 5.41) is 11.4. The number of hydrogen-bond acceptors (Lipinski definition) is 6. The highest BCUT2D eigenvalue weighted by molar-refractivity contribution is 5.80. The van der Waals surface area contributed by atoms with E-state index in [1.54, 1.807) is 0 Å². The second kappa shape index (κ2) is 11.9. The first-order valence-electron chi connectivity index (χ1n) is 8.56. The van der Waals surface area contributed by atoms with Gasteiger partial charge in [0.1, 0.15) is 18.7 Å². The van der Waals surface area contributed by atoms with E-state index in [4.69, 9.17) is 20.3 Å². The molecule has 0 spiro atoms. The van der Waals surface area contributed by atoms with Crippen LogP contribution in [0.4, 0.5) is 4.79 Å². The molecule has 1 aromatic carbocycles. The number of carboxylic acid groups (broad SMARTS) is 1. The molecule has 0 bridgehead atoms. The van der Waals surface area contributed by atoms with Crippen LogP contribution in [0, 0.1) is 0 Å². The van der Waals surface area contributed by atoms with Crippen LogP contribution >= 0.6 is 0 Å². The minimum Gasteiger partial charge on any atom is -0.480 e. The third-order valence-electron chi connectivity index (χ3n) is 3.61. The molecule has 26 heavy (non-hydrogen) atoms. The molecule has 4 N–H and O–H groups in total. The lowest BCUT2D eigenvalue weighted by Crippen LogP contribution is -2.43. The number of hydrogen-bond donors (Lipinski definition) is 3. The van der Waals surface area contributed by atoms with E-state index in [-0.39, 0.29) is 26.1 Å². The number of nitrogens with one attached hydrogen (secondary N) is 1. The topological polar surface area (TPSA) is 128 Å². The van der Waals surface area contributed by atoms with Gasteiger partial charge in [-0.25, -0.2) is 9.59 Å². The van der Waals surface area contributed by atoms with Crippen molar-refractivity contribution in [2.75, 3.05) is 6.61 Å². The molecule has 1 unspecified atom stereocenters. The Balaban J connectivity index is 2.38. The van der Waals surface area contributed by atoms with Crippen molar-refractivity contribution < 1.29 is 29.0 Å². The van der Waals surface area contributed by atoms with Gasteiger partial charge in [-0.05, 0) is 24.8 Å². The zero-order valence-corrected chi connectivity index (χ0v) is 14.8. The maximum absolute atomic E-state index is 11.9. The van der Waals surface area contributed by atoms with Gasteiger partial charge in [-0.2, -0.15) is 0 Å².